The van der Waals surface area contributed by atoms with Gasteiger partial charge in [0, 0.05) is 49.2 Å². The van der Waals surface area contributed by atoms with Crippen molar-refractivity contribution in [3.8, 4) is 22.3 Å². The van der Waals surface area contributed by atoms with Crippen molar-refractivity contribution >= 4 is 27.6 Å². The first-order valence-corrected chi connectivity index (χ1v) is 10.8. The first-order chi connectivity index (χ1) is 15.4. The van der Waals surface area contributed by atoms with Gasteiger partial charge in [-0.1, -0.05) is 54.6 Å². The van der Waals surface area contributed by atoms with E-state index in [9.17, 15) is 0 Å². The fourth-order valence-corrected chi connectivity index (χ4v) is 4.51. The molecule has 0 amide bonds. The van der Waals surface area contributed by atoms with Gasteiger partial charge in [-0.05, 0) is 40.1 Å². The summed E-state index contributed by atoms with van der Waals surface area (Å²) in [4.78, 5) is 7.22. The summed E-state index contributed by atoms with van der Waals surface area (Å²) in [5.74, 6) is 0. The van der Waals surface area contributed by atoms with Gasteiger partial charge in [0.1, 0.15) is 11.8 Å². The van der Waals surface area contributed by atoms with Crippen LogP contribution in [0.2, 0.25) is 0 Å². The van der Waals surface area contributed by atoms with Gasteiger partial charge in [0.2, 0.25) is 0 Å². The third-order valence-corrected chi connectivity index (χ3v) is 6.17. The van der Waals surface area contributed by atoms with Crippen LogP contribution in [-0.2, 0) is 0 Å². The first-order valence-electron chi connectivity index (χ1n) is 10.8. The minimum absolute atomic E-state index is 0.812. The van der Waals surface area contributed by atoms with Crippen LogP contribution in [-0.4, -0.2) is 31.2 Å². The highest BCUT2D eigenvalue weighted by Crippen LogP contribution is 2.35. The van der Waals surface area contributed by atoms with E-state index in [4.69, 9.17) is 9.40 Å². The lowest BCUT2D eigenvalue weighted by molar-refractivity contribution is 0.589. The summed E-state index contributed by atoms with van der Waals surface area (Å²) < 4.78 is 5.96. The Morgan fingerprint density at radius 3 is 2.48 bits per heavy atom. The Balaban J connectivity index is 1.36. The van der Waals surface area contributed by atoms with Crippen molar-refractivity contribution in [2.75, 3.05) is 31.1 Å². The molecular formula is C27H23N3O. The van der Waals surface area contributed by atoms with E-state index in [1.807, 2.05) is 12.5 Å². The molecule has 4 nitrogen and oxygen atoms in total. The third-order valence-electron chi connectivity index (χ3n) is 6.17. The van der Waals surface area contributed by atoms with E-state index in [0.29, 0.717) is 0 Å². The molecule has 6 rings (SSSR count). The van der Waals surface area contributed by atoms with Gasteiger partial charge in [-0.2, -0.15) is 0 Å². The van der Waals surface area contributed by atoms with Gasteiger partial charge in [0.25, 0.3) is 0 Å². The lowest BCUT2D eigenvalue weighted by atomic mass is 9.99. The molecule has 4 heteroatoms. The van der Waals surface area contributed by atoms with Gasteiger partial charge in [-0.15, -0.1) is 0 Å². The number of hydrogen-bond acceptors (Lipinski definition) is 4. The van der Waals surface area contributed by atoms with Gasteiger partial charge in [-0.25, -0.2) is 0 Å². The van der Waals surface area contributed by atoms with E-state index in [1.54, 1.807) is 0 Å². The molecule has 0 unspecified atom stereocenters. The maximum absolute atomic E-state index is 5.96. The molecule has 0 saturated carbocycles. The third kappa shape index (κ3) is 3.25. The lowest BCUT2D eigenvalue weighted by Gasteiger charge is -2.29. The van der Waals surface area contributed by atoms with Crippen LogP contribution in [0.4, 0.5) is 5.69 Å². The molecule has 1 saturated heterocycles. The van der Waals surface area contributed by atoms with Crippen molar-refractivity contribution < 1.29 is 4.42 Å². The first kappa shape index (κ1) is 18.2. The quantitative estimate of drug-likeness (QED) is 0.417. The molecule has 152 valence electrons. The number of nitrogens with zero attached hydrogens (tertiary/aromatic N) is 2. The summed E-state index contributed by atoms with van der Waals surface area (Å²) in [6, 6.07) is 25.6. The fraction of sp³-hybridized carbons (Fsp3) is 0.148. The smallest absolute Gasteiger partial charge is 0.153 e. The molecule has 1 fully saturated rings. The van der Waals surface area contributed by atoms with E-state index in [-0.39, 0.29) is 0 Å². The summed E-state index contributed by atoms with van der Waals surface area (Å²) in [6.07, 6.45) is 3.78. The van der Waals surface area contributed by atoms with Crippen molar-refractivity contribution in [1.29, 1.82) is 0 Å². The van der Waals surface area contributed by atoms with Crippen molar-refractivity contribution in [2.24, 2.45) is 0 Å². The van der Waals surface area contributed by atoms with Crippen molar-refractivity contribution in [1.82, 2.24) is 10.3 Å². The monoisotopic (exact) mass is 405 g/mol. The molecule has 0 bridgehead atoms. The number of furan rings is 1. The van der Waals surface area contributed by atoms with E-state index in [1.165, 1.54) is 16.5 Å². The number of rotatable bonds is 3. The number of nitrogens with one attached hydrogen (secondary N) is 1. The maximum atomic E-state index is 5.96. The highest BCUT2D eigenvalue weighted by molar-refractivity contribution is 6.03. The van der Waals surface area contributed by atoms with Crippen LogP contribution >= 0.6 is 0 Å². The Bertz CT molecular complexity index is 1360. The number of fused-ring (bicyclic) bond motifs is 2. The standard InChI is InChI=1S/C27H23N3O/c1-2-6-23-20(4-1)5-3-7-24(23)25-18-31-26-16-21(17-29-27(25)26)19-8-10-22(11-9-19)30-14-12-28-13-15-30/h1-11,16-18,28H,12-15H2. The van der Waals surface area contributed by atoms with Gasteiger partial charge in [0.05, 0.1) is 0 Å². The second-order valence-electron chi connectivity index (χ2n) is 8.03. The molecule has 1 aliphatic heterocycles. The van der Waals surface area contributed by atoms with Crippen LogP contribution in [0.5, 0.6) is 0 Å². The minimum Gasteiger partial charge on any atom is -0.462 e. The Kier molecular flexibility index (Phi) is 4.43. The molecule has 5 aromatic rings. The van der Waals surface area contributed by atoms with Crippen LogP contribution in [0.15, 0.2) is 89.7 Å². The van der Waals surface area contributed by atoms with Crippen molar-refractivity contribution in [3.05, 3.63) is 85.3 Å². The highest BCUT2D eigenvalue weighted by atomic mass is 16.3. The number of benzene rings is 3. The molecule has 1 aliphatic rings. The van der Waals surface area contributed by atoms with E-state index in [0.717, 1.165) is 59.5 Å². The van der Waals surface area contributed by atoms with E-state index < -0.39 is 0 Å². The summed E-state index contributed by atoms with van der Waals surface area (Å²) in [5, 5.41) is 5.83. The van der Waals surface area contributed by atoms with E-state index >= 15 is 0 Å². The predicted octanol–water partition coefficient (Wildman–Crippen LogP) is 5.72. The second kappa shape index (κ2) is 7.56. The number of aromatic nitrogens is 1. The summed E-state index contributed by atoms with van der Waals surface area (Å²) in [7, 11) is 0. The lowest BCUT2D eigenvalue weighted by Crippen LogP contribution is -2.43. The molecule has 0 aliphatic carbocycles. The van der Waals surface area contributed by atoms with Crippen molar-refractivity contribution in [2.45, 2.75) is 0 Å². The fourth-order valence-electron chi connectivity index (χ4n) is 4.51. The van der Waals surface area contributed by atoms with E-state index in [2.05, 4.69) is 83.0 Å². The Morgan fingerprint density at radius 2 is 1.61 bits per heavy atom. The Hall–Kier alpha value is -3.63. The Labute approximate surface area is 181 Å². The number of pyridine rings is 1. The molecular weight excluding hydrogens is 382 g/mol. The molecule has 0 spiro atoms. The van der Waals surface area contributed by atoms with Crippen LogP contribution < -0.4 is 10.2 Å². The second-order valence-corrected chi connectivity index (χ2v) is 8.03. The Morgan fingerprint density at radius 1 is 0.806 bits per heavy atom. The summed E-state index contributed by atoms with van der Waals surface area (Å²) >= 11 is 0. The number of hydrogen-bond donors (Lipinski definition) is 1. The number of piperazine rings is 1. The maximum Gasteiger partial charge on any atom is 0.153 e. The normalized spacial score (nSPS) is 14.4. The van der Waals surface area contributed by atoms with Gasteiger partial charge in [0.15, 0.2) is 5.58 Å². The highest BCUT2D eigenvalue weighted by Gasteiger charge is 2.14. The molecule has 1 N–H and O–H groups in total. The summed E-state index contributed by atoms with van der Waals surface area (Å²) in [6.45, 7) is 4.19. The average molecular weight is 406 g/mol. The van der Waals surface area contributed by atoms with Crippen LogP contribution in [0.1, 0.15) is 0 Å². The SMILES string of the molecule is c1ccc2c(-c3coc4cc(-c5ccc(N6CCNCC6)cc5)cnc34)cccc2c1. The zero-order valence-electron chi connectivity index (χ0n) is 17.2. The molecule has 0 atom stereocenters. The summed E-state index contributed by atoms with van der Waals surface area (Å²) in [5.41, 5.74) is 7.39. The van der Waals surface area contributed by atoms with Gasteiger partial charge < -0.3 is 14.6 Å². The minimum atomic E-state index is 0.812. The topological polar surface area (TPSA) is 41.3 Å². The number of anilines is 1. The van der Waals surface area contributed by atoms with Crippen molar-refractivity contribution in [3.63, 3.8) is 0 Å². The van der Waals surface area contributed by atoms with Crippen LogP contribution in [0.25, 0.3) is 44.1 Å². The van der Waals surface area contributed by atoms with Gasteiger partial charge in [-0.3, -0.25) is 4.98 Å². The van der Waals surface area contributed by atoms with Gasteiger partial charge >= 0.3 is 0 Å². The largest absolute Gasteiger partial charge is 0.462 e. The average Bonchev–Trinajstić information content (AvgIpc) is 3.27. The molecule has 0 radical (unpaired) electrons. The zero-order chi connectivity index (χ0) is 20.6. The van der Waals surface area contributed by atoms with Crippen LogP contribution in [0.3, 0.4) is 0 Å². The zero-order valence-corrected chi connectivity index (χ0v) is 17.2. The van der Waals surface area contributed by atoms with Crippen LogP contribution in [0, 0.1) is 0 Å². The molecule has 2 aromatic heterocycles. The molecule has 3 aromatic carbocycles. The molecule has 3 heterocycles. The predicted molar refractivity (Wildman–Crippen MR) is 127 cm³/mol. The molecule has 31 heavy (non-hydrogen) atoms.